The Balaban J connectivity index is 2.24. The summed E-state index contributed by atoms with van der Waals surface area (Å²) in [4.78, 5) is 3.79. The van der Waals surface area contributed by atoms with Crippen molar-refractivity contribution in [2.24, 2.45) is 7.05 Å². The van der Waals surface area contributed by atoms with E-state index in [0.29, 0.717) is 11.3 Å². The van der Waals surface area contributed by atoms with Crippen molar-refractivity contribution in [1.82, 2.24) is 14.8 Å². The van der Waals surface area contributed by atoms with Crippen LogP contribution in [0.25, 0.3) is 0 Å². The van der Waals surface area contributed by atoms with Gasteiger partial charge >= 0.3 is 0 Å². The van der Waals surface area contributed by atoms with E-state index >= 15 is 0 Å². The second-order valence-electron chi connectivity index (χ2n) is 3.67. The summed E-state index contributed by atoms with van der Waals surface area (Å²) in [5, 5.41) is 12.6. The summed E-state index contributed by atoms with van der Waals surface area (Å²) in [7, 11) is -2.03. The fraction of sp³-hybridized carbons (Fsp3) is 0.200. The summed E-state index contributed by atoms with van der Waals surface area (Å²) in [5.74, 6) is 0. The van der Waals surface area contributed by atoms with Crippen LogP contribution in [-0.2, 0) is 23.7 Å². The molecule has 2 heterocycles. The molecule has 0 bridgehead atoms. The normalized spacial score (nSPS) is 11.4. The molecule has 0 aromatic carbocycles. The molecule has 8 heteroatoms. The average Bonchev–Trinajstić information content (AvgIpc) is 2.74. The van der Waals surface area contributed by atoms with Crippen molar-refractivity contribution in [3.05, 3.63) is 36.3 Å². The minimum Gasteiger partial charge on any atom is -0.392 e. The molecule has 0 aliphatic rings. The van der Waals surface area contributed by atoms with Crippen molar-refractivity contribution in [3.63, 3.8) is 0 Å². The quantitative estimate of drug-likeness (QED) is 0.820. The van der Waals surface area contributed by atoms with Gasteiger partial charge in [0.15, 0.2) is 5.03 Å². The van der Waals surface area contributed by atoms with E-state index in [4.69, 9.17) is 5.11 Å². The zero-order chi connectivity index (χ0) is 13.2. The zero-order valence-electron chi connectivity index (χ0n) is 9.61. The lowest BCUT2D eigenvalue weighted by molar-refractivity contribution is 0.281. The Morgan fingerprint density at radius 3 is 2.67 bits per heavy atom. The van der Waals surface area contributed by atoms with Crippen LogP contribution >= 0.6 is 0 Å². The summed E-state index contributed by atoms with van der Waals surface area (Å²) < 4.78 is 27.7. The molecule has 0 fully saturated rings. The first-order valence-corrected chi connectivity index (χ1v) is 6.57. The van der Waals surface area contributed by atoms with E-state index in [9.17, 15) is 8.42 Å². The summed E-state index contributed by atoms with van der Waals surface area (Å²) in [6, 6.07) is 2.84. The van der Waals surface area contributed by atoms with Crippen LogP contribution in [-0.4, -0.2) is 28.3 Å². The number of aryl methyl sites for hydroxylation is 1. The molecular formula is C10H12N4O3S. The van der Waals surface area contributed by atoms with Gasteiger partial charge in [0.1, 0.15) is 0 Å². The van der Waals surface area contributed by atoms with Crippen LogP contribution in [0.4, 0.5) is 5.69 Å². The number of aromatic nitrogens is 3. The van der Waals surface area contributed by atoms with Gasteiger partial charge in [-0.3, -0.25) is 9.40 Å². The van der Waals surface area contributed by atoms with Gasteiger partial charge in [-0.25, -0.2) is 4.98 Å². The fourth-order valence-electron chi connectivity index (χ4n) is 1.34. The van der Waals surface area contributed by atoms with E-state index < -0.39 is 10.0 Å². The lowest BCUT2D eigenvalue weighted by atomic mass is 10.3. The molecule has 2 N–H and O–H groups in total. The molecule has 0 spiro atoms. The van der Waals surface area contributed by atoms with Gasteiger partial charge in [-0.05, 0) is 11.6 Å². The number of sulfonamides is 1. The predicted molar refractivity (Wildman–Crippen MR) is 64.2 cm³/mol. The largest absolute Gasteiger partial charge is 0.392 e. The van der Waals surface area contributed by atoms with Gasteiger partial charge < -0.3 is 5.11 Å². The van der Waals surface area contributed by atoms with Crippen LogP contribution in [0.3, 0.4) is 0 Å². The third-order valence-electron chi connectivity index (χ3n) is 2.21. The maximum absolute atomic E-state index is 11.9. The van der Waals surface area contributed by atoms with Crippen molar-refractivity contribution < 1.29 is 13.5 Å². The molecule has 0 saturated carbocycles. The summed E-state index contributed by atoms with van der Waals surface area (Å²) in [5.41, 5.74) is 0.917. The van der Waals surface area contributed by atoms with Crippen LogP contribution < -0.4 is 4.72 Å². The highest BCUT2D eigenvalue weighted by atomic mass is 32.2. The van der Waals surface area contributed by atoms with E-state index in [2.05, 4.69) is 14.8 Å². The van der Waals surface area contributed by atoms with E-state index in [1.54, 1.807) is 13.2 Å². The minimum atomic E-state index is -3.72. The Morgan fingerprint density at radius 2 is 2.17 bits per heavy atom. The molecule has 2 rings (SSSR count). The van der Waals surface area contributed by atoms with Gasteiger partial charge in [0.2, 0.25) is 0 Å². The number of rotatable bonds is 4. The predicted octanol–water partition coefficient (Wildman–Crippen LogP) is 0.108. The van der Waals surface area contributed by atoms with Crippen molar-refractivity contribution in [3.8, 4) is 0 Å². The maximum atomic E-state index is 11.9. The van der Waals surface area contributed by atoms with Gasteiger partial charge in [-0.15, -0.1) is 0 Å². The van der Waals surface area contributed by atoms with Crippen LogP contribution in [0.2, 0.25) is 0 Å². The molecule has 2 aromatic heterocycles. The first kappa shape index (κ1) is 12.5. The Kier molecular flexibility index (Phi) is 3.30. The van der Waals surface area contributed by atoms with Crippen molar-refractivity contribution in [1.29, 1.82) is 0 Å². The average molecular weight is 268 g/mol. The molecule has 0 amide bonds. The molecule has 0 saturated heterocycles. The molecule has 0 radical (unpaired) electrons. The third-order valence-corrected chi connectivity index (χ3v) is 3.51. The molecule has 0 aliphatic heterocycles. The van der Waals surface area contributed by atoms with Gasteiger partial charge in [-0.1, -0.05) is 6.07 Å². The first-order valence-electron chi connectivity index (χ1n) is 5.08. The molecule has 0 aliphatic carbocycles. The smallest absolute Gasteiger partial charge is 0.279 e. The zero-order valence-corrected chi connectivity index (χ0v) is 10.4. The van der Waals surface area contributed by atoms with Gasteiger partial charge in [0.25, 0.3) is 10.0 Å². The molecule has 2 aromatic rings. The van der Waals surface area contributed by atoms with Gasteiger partial charge in [-0.2, -0.15) is 13.5 Å². The number of nitrogens with zero attached hydrogens (tertiary/aromatic N) is 3. The monoisotopic (exact) mass is 268 g/mol. The van der Waals surface area contributed by atoms with Gasteiger partial charge in [0, 0.05) is 19.4 Å². The minimum absolute atomic E-state index is 0.108. The van der Waals surface area contributed by atoms with Crippen LogP contribution in [0.15, 0.2) is 35.7 Å². The molecule has 7 nitrogen and oxygen atoms in total. The fourth-order valence-corrected chi connectivity index (χ4v) is 2.30. The van der Waals surface area contributed by atoms with Crippen LogP contribution in [0, 0.1) is 0 Å². The standard InChI is InChI=1S/C10H12N4O3S/c1-14-6-9(5-12-14)13-18(16,17)10-3-2-8(7-15)4-11-10/h2-6,13,15H,7H2,1H3. The highest BCUT2D eigenvalue weighted by molar-refractivity contribution is 7.92. The summed E-state index contributed by atoms with van der Waals surface area (Å²) >= 11 is 0. The molecule has 0 unspecified atom stereocenters. The number of aliphatic hydroxyl groups is 1. The Hall–Kier alpha value is -1.93. The van der Waals surface area contributed by atoms with Crippen molar-refractivity contribution in [2.75, 3.05) is 4.72 Å². The molecule has 18 heavy (non-hydrogen) atoms. The summed E-state index contributed by atoms with van der Waals surface area (Å²) in [6.07, 6.45) is 4.26. The Bertz CT molecular complexity index is 633. The summed E-state index contributed by atoms with van der Waals surface area (Å²) in [6.45, 7) is -0.177. The first-order chi connectivity index (χ1) is 8.51. The second kappa shape index (κ2) is 4.75. The lowest BCUT2D eigenvalue weighted by Crippen LogP contribution is -2.14. The van der Waals surface area contributed by atoms with E-state index in [-0.39, 0.29) is 11.6 Å². The number of pyridine rings is 1. The number of aliphatic hydroxyl groups excluding tert-OH is 1. The molecular weight excluding hydrogens is 256 g/mol. The van der Waals surface area contributed by atoms with Gasteiger partial charge in [0.05, 0.1) is 18.5 Å². The molecule has 0 atom stereocenters. The number of hydrogen-bond acceptors (Lipinski definition) is 5. The second-order valence-corrected chi connectivity index (χ2v) is 5.30. The maximum Gasteiger partial charge on any atom is 0.279 e. The number of hydrogen-bond donors (Lipinski definition) is 2. The highest BCUT2D eigenvalue weighted by Gasteiger charge is 2.16. The molecule has 96 valence electrons. The van der Waals surface area contributed by atoms with E-state index in [0.717, 1.165) is 0 Å². The Labute approximate surface area is 104 Å². The SMILES string of the molecule is Cn1cc(NS(=O)(=O)c2ccc(CO)cn2)cn1. The van der Waals surface area contributed by atoms with Crippen LogP contribution in [0.5, 0.6) is 0 Å². The third kappa shape index (κ3) is 2.66. The number of nitrogens with one attached hydrogen (secondary N) is 1. The number of anilines is 1. The van der Waals surface area contributed by atoms with Crippen molar-refractivity contribution in [2.45, 2.75) is 11.6 Å². The van der Waals surface area contributed by atoms with Crippen molar-refractivity contribution >= 4 is 15.7 Å². The topological polar surface area (TPSA) is 97.1 Å². The van der Waals surface area contributed by atoms with E-state index in [1.165, 1.54) is 29.2 Å². The van der Waals surface area contributed by atoms with E-state index in [1.807, 2.05) is 0 Å². The van der Waals surface area contributed by atoms with Crippen LogP contribution in [0.1, 0.15) is 5.56 Å². The highest BCUT2D eigenvalue weighted by Crippen LogP contribution is 2.13. The lowest BCUT2D eigenvalue weighted by Gasteiger charge is -2.05. The Morgan fingerprint density at radius 1 is 1.39 bits per heavy atom.